The quantitative estimate of drug-likeness (QED) is 0.399. The molecule has 0 unspecified atom stereocenters. The van der Waals surface area contributed by atoms with Crippen LogP contribution in [0, 0.1) is 0 Å². The van der Waals surface area contributed by atoms with E-state index in [1.54, 1.807) is 7.05 Å². The van der Waals surface area contributed by atoms with Crippen LogP contribution in [0.4, 0.5) is 5.69 Å². The number of nitrogens with zero attached hydrogens (tertiary/aromatic N) is 1. The van der Waals surface area contributed by atoms with Crippen molar-refractivity contribution in [3.05, 3.63) is 66.2 Å². The first kappa shape index (κ1) is 16.9. The summed E-state index contributed by atoms with van der Waals surface area (Å²) in [6.45, 7) is 2.72. The van der Waals surface area contributed by atoms with Gasteiger partial charge in [0, 0.05) is 32.4 Å². The summed E-state index contributed by atoms with van der Waals surface area (Å²) in [4.78, 5) is 4.25. The molecule has 4 heteroatoms. The van der Waals surface area contributed by atoms with Gasteiger partial charge in [-0.25, -0.2) is 0 Å². The van der Waals surface area contributed by atoms with E-state index >= 15 is 0 Å². The molecule has 2 aromatic rings. The molecule has 0 saturated carbocycles. The van der Waals surface area contributed by atoms with Crippen LogP contribution in [0.15, 0.2) is 65.7 Å². The Morgan fingerprint density at radius 2 is 1.48 bits per heavy atom. The van der Waals surface area contributed by atoms with Crippen molar-refractivity contribution in [2.45, 2.75) is 12.8 Å². The fourth-order valence-corrected chi connectivity index (χ4v) is 2.27. The number of aliphatic imine (C=N–C) groups is 1. The highest BCUT2D eigenvalue weighted by atomic mass is 15.2. The van der Waals surface area contributed by atoms with Crippen LogP contribution in [-0.4, -0.2) is 32.6 Å². The highest BCUT2D eigenvalue weighted by Crippen LogP contribution is 2.04. The summed E-state index contributed by atoms with van der Waals surface area (Å²) in [6.07, 6.45) is 2.03. The number of nitrogens with one attached hydrogen (secondary N) is 3. The summed E-state index contributed by atoms with van der Waals surface area (Å²) in [5.74, 6) is 0.862. The predicted octanol–water partition coefficient (Wildman–Crippen LogP) is 2.90. The SMILES string of the molecule is CN=C(NCCCNc1ccccc1)NCCc1ccccc1. The van der Waals surface area contributed by atoms with Crippen molar-refractivity contribution >= 4 is 11.6 Å². The van der Waals surface area contributed by atoms with Crippen molar-refractivity contribution in [3.8, 4) is 0 Å². The number of anilines is 1. The van der Waals surface area contributed by atoms with E-state index in [4.69, 9.17) is 0 Å². The third-order valence-corrected chi connectivity index (χ3v) is 3.52. The van der Waals surface area contributed by atoms with Crippen LogP contribution in [0.2, 0.25) is 0 Å². The summed E-state index contributed by atoms with van der Waals surface area (Å²) >= 11 is 0. The van der Waals surface area contributed by atoms with E-state index in [9.17, 15) is 0 Å². The lowest BCUT2D eigenvalue weighted by atomic mass is 10.1. The number of para-hydroxylation sites is 1. The van der Waals surface area contributed by atoms with E-state index in [1.165, 1.54) is 5.56 Å². The summed E-state index contributed by atoms with van der Waals surface area (Å²) in [7, 11) is 1.81. The van der Waals surface area contributed by atoms with Gasteiger partial charge in [-0.3, -0.25) is 4.99 Å². The lowest BCUT2D eigenvalue weighted by Gasteiger charge is -2.12. The fourth-order valence-electron chi connectivity index (χ4n) is 2.27. The van der Waals surface area contributed by atoms with Gasteiger partial charge < -0.3 is 16.0 Å². The van der Waals surface area contributed by atoms with Gasteiger partial charge in [-0.2, -0.15) is 0 Å². The van der Waals surface area contributed by atoms with E-state index < -0.39 is 0 Å². The van der Waals surface area contributed by atoms with Crippen LogP contribution in [0.5, 0.6) is 0 Å². The Balaban J connectivity index is 1.56. The molecule has 3 N–H and O–H groups in total. The van der Waals surface area contributed by atoms with Crippen molar-refractivity contribution in [3.63, 3.8) is 0 Å². The fraction of sp³-hybridized carbons (Fsp3) is 0.316. The Labute approximate surface area is 139 Å². The number of rotatable bonds is 8. The van der Waals surface area contributed by atoms with Gasteiger partial charge in [0.25, 0.3) is 0 Å². The first-order valence-corrected chi connectivity index (χ1v) is 8.16. The van der Waals surface area contributed by atoms with E-state index in [2.05, 4.69) is 57.3 Å². The molecule has 0 aromatic heterocycles. The Kier molecular flexibility index (Phi) is 7.54. The topological polar surface area (TPSA) is 48.5 Å². The Morgan fingerprint density at radius 3 is 2.17 bits per heavy atom. The van der Waals surface area contributed by atoms with Crippen LogP contribution in [0.1, 0.15) is 12.0 Å². The zero-order valence-corrected chi connectivity index (χ0v) is 13.8. The molecule has 0 atom stereocenters. The van der Waals surface area contributed by atoms with E-state index in [0.29, 0.717) is 0 Å². The third kappa shape index (κ3) is 6.87. The number of guanidine groups is 1. The molecule has 0 radical (unpaired) electrons. The first-order chi connectivity index (χ1) is 11.4. The second-order valence-corrected chi connectivity index (χ2v) is 5.31. The molecule has 122 valence electrons. The Hall–Kier alpha value is -2.49. The minimum absolute atomic E-state index is 0.862. The van der Waals surface area contributed by atoms with Gasteiger partial charge in [0.15, 0.2) is 5.96 Å². The number of hydrogen-bond donors (Lipinski definition) is 3. The Bertz CT molecular complexity index is 566. The molecule has 0 aliphatic rings. The van der Waals surface area contributed by atoms with Crippen molar-refractivity contribution < 1.29 is 0 Å². The smallest absolute Gasteiger partial charge is 0.190 e. The minimum Gasteiger partial charge on any atom is -0.385 e. The molecule has 4 nitrogen and oxygen atoms in total. The summed E-state index contributed by atoms with van der Waals surface area (Å²) in [6, 6.07) is 20.7. The molecule has 0 spiro atoms. The molecular weight excluding hydrogens is 284 g/mol. The molecule has 0 amide bonds. The zero-order valence-electron chi connectivity index (χ0n) is 13.8. The van der Waals surface area contributed by atoms with E-state index in [0.717, 1.165) is 44.1 Å². The standard InChI is InChI=1S/C19H26N4/c1-20-19(23-16-13-17-9-4-2-5-10-17)22-15-8-14-21-18-11-6-3-7-12-18/h2-7,9-12,21H,8,13-16H2,1H3,(H2,20,22,23). The van der Waals surface area contributed by atoms with Crippen LogP contribution < -0.4 is 16.0 Å². The molecule has 2 aromatic carbocycles. The van der Waals surface area contributed by atoms with Crippen LogP contribution in [0.25, 0.3) is 0 Å². The summed E-state index contributed by atoms with van der Waals surface area (Å²) in [5.41, 5.74) is 2.50. The lowest BCUT2D eigenvalue weighted by Crippen LogP contribution is -2.39. The average molecular weight is 310 g/mol. The van der Waals surface area contributed by atoms with Gasteiger partial charge in [0.1, 0.15) is 0 Å². The molecule has 0 saturated heterocycles. The van der Waals surface area contributed by atoms with E-state index in [1.807, 2.05) is 24.3 Å². The monoisotopic (exact) mass is 310 g/mol. The maximum Gasteiger partial charge on any atom is 0.190 e. The van der Waals surface area contributed by atoms with E-state index in [-0.39, 0.29) is 0 Å². The molecule has 0 fully saturated rings. The van der Waals surface area contributed by atoms with Crippen molar-refractivity contribution in [2.24, 2.45) is 4.99 Å². The number of benzene rings is 2. The molecule has 0 aliphatic carbocycles. The predicted molar refractivity (Wildman–Crippen MR) is 99.1 cm³/mol. The van der Waals surface area contributed by atoms with Gasteiger partial charge in [0.2, 0.25) is 0 Å². The molecular formula is C19H26N4. The molecule has 2 rings (SSSR count). The maximum absolute atomic E-state index is 4.25. The van der Waals surface area contributed by atoms with Gasteiger partial charge in [0.05, 0.1) is 0 Å². The molecule has 0 heterocycles. The minimum atomic E-state index is 0.862. The number of hydrogen-bond acceptors (Lipinski definition) is 2. The second-order valence-electron chi connectivity index (χ2n) is 5.31. The van der Waals surface area contributed by atoms with Crippen LogP contribution >= 0.6 is 0 Å². The molecule has 0 aliphatic heterocycles. The molecule has 23 heavy (non-hydrogen) atoms. The third-order valence-electron chi connectivity index (χ3n) is 3.52. The van der Waals surface area contributed by atoms with Crippen LogP contribution in [-0.2, 0) is 6.42 Å². The van der Waals surface area contributed by atoms with Crippen molar-refractivity contribution in [1.82, 2.24) is 10.6 Å². The molecule has 0 bridgehead atoms. The Morgan fingerprint density at radius 1 is 0.826 bits per heavy atom. The highest BCUT2D eigenvalue weighted by Gasteiger charge is 1.97. The highest BCUT2D eigenvalue weighted by molar-refractivity contribution is 5.79. The summed E-state index contributed by atoms with van der Waals surface area (Å²) < 4.78 is 0. The normalized spacial score (nSPS) is 11.1. The zero-order chi connectivity index (χ0) is 16.2. The van der Waals surface area contributed by atoms with Crippen molar-refractivity contribution in [1.29, 1.82) is 0 Å². The van der Waals surface area contributed by atoms with Gasteiger partial charge in [-0.05, 0) is 30.5 Å². The van der Waals surface area contributed by atoms with Crippen molar-refractivity contribution in [2.75, 3.05) is 32.0 Å². The van der Waals surface area contributed by atoms with Gasteiger partial charge in [-0.15, -0.1) is 0 Å². The maximum atomic E-state index is 4.25. The lowest BCUT2D eigenvalue weighted by molar-refractivity contribution is 0.757. The van der Waals surface area contributed by atoms with Gasteiger partial charge >= 0.3 is 0 Å². The van der Waals surface area contributed by atoms with Crippen LogP contribution in [0.3, 0.4) is 0 Å². The summed E-state index contributed by atoms with van der Waals surface area (Å²) in [5, 5.41) is 10.1. The second kappa shape index (κ2) is 10.3. The first-order valence-electron chi connectivity index (χ1n) is 8.16. The average Bonchev–Trinajstić information content (AvgIpc) is 2.61. The van der Waals surface area contributed by atoms with Gasteiger partial charge in [-0.1, -0.05) is 48.5 Å². The largest absolute Gasteiger partial charge is 0.385 e.